The number of rotatable bonds is 10. The average Bonchev–Trinajstić information content (AvgIpc) is 3.44. The molecule has 4 aromatic rings. The van der Waals surface area contributed by atoms with Crippen molar-refractivity contribution in [1.82, 2.24) is 30.1 Å². The number of amides is 2. The van der Waals surface area contributed by atoms with Crippen LogP contribution < -0.4 is 10.6 Å². The molecule has 226 valence electrons. The molecule has 1 aliphatic rings. The summed E-state index contributed by atoms with van der Waals surface area (Å²) in [5.41, 5.74) is 2.05. The van der Waals surface area contributed by atoms with E-state index in [0.29, 0.717) is 74.1 Å². The van der Waals surface area contributed by atoms with E-state index >= 15 is 0 Å². The Kier molecular flexibility index (Phi) is 9.24. The maximum absolute atomic E-state index is 13.5. The number of aromatic amines is 1. The van der Waals surface area contributed by atoms with Gasteiger partial charge in [0, 0.05) is 51.8 Å². The van der Waals surface area contributed by atoms with Crippen molar-refractivity contribution in [2.45, 2.75) is 25.9 Å². The molecule has 1 aliphatic heterocycles. The summed E-state index contributed by atoms with van der Waals surface area (Å²) in [6.45, 7) is 5.71. The Balaban J connectivity index is 1.20. The van der Waals surface area contributed by atoms with Gasteiger partial charge < -0.3 is 20.5 Å². The van der Waals surface area contributed by atoms with Crippen LogP contribution in [-0.4, -0.2) is 82.4 Å². The Bertz CT molecular complexity index is 1550. The van der Waals surface area contributed by atoms with Crippen LogP contribution in [0.25, 0.3) is 22.4 Å². The minimum atomic E-state index is -4.32. The highest BCUT2D eigenvalue weighted by Gasteiger charge is 2.30. The molecule has 0 bridgehead atoms. The number of halogens is 3. The van der Waals surface area contributed by atoms with Gasteiger partial charge in [0.25, 0.3) is 5.91 Å². The Morgan fingerprint density at radius 2 is 1.67 bits per heavy atom. The second kappa shape index (κ2) is 13.2. The number of aryl methyl sites for hydroxylation is 1. The first-order valence-corrected chi connectivity index (χ1v) is 14.3. The largest absolute Gasteiger partial charge is 0.416 e. The van der Waals surface area contributed by atoms with Crippen molar-refractivity contribution in [3.05, 3.63) is 77.5 Å². The number of fused-ring (bicyclic) bond motifs is 1. The smallest absolute Gasteiger partial charge is 0.368 e. The van der Waals surface area contributed by atoms with Crippen LogP contribution >= 0.6 is 0 Å². The van der Waals surface area contributed by atoms with Crippen molar-refractivity contribution in [2.75, 3.05) is 51.1 Å². The van der Waals surface area contributed by atoms with Gasteiger partial charge in [0.1, 0.15) is 17.2 Å². The fourth-order valence-corrected chi connectivity index (χ4v) is 5.11. The third-order valence-electron chi connectivity index (χ3n) is 7.42. The molecule has 0 saturated carbocycles. The second-order valence-electron chi connectivity index (χ2n) is 10.5. The van der Waals surface area contributed by atoms with Gasteiger partial charge in [0.15, 0.2) is 5.82 Å². The minimum absolute atomic E-state index is 0.117. The van der Waals surface area contributed by atoms with E-state index in [9.17, 15) is 22.8 Å². The number of H-pyrrole nitrogens is 1. The van der Waals surface area contributed by atoms with Gasteiger partial charge in [-0.2, -0.15) is 13.2 Å². The molecule has 1 fully saturated rings. The lowest BCUT2D eigenvalue weighted by atomic mass is 10.1. The number of carbonyl (C=O) groups is 2. The number of benzene rings is 2. The minimum Gasteiger partial charge on any atom is -0.368 e. The number of alkyl halides is 3. The predicted octanol–water partition coefficient (Wildman–Crippen LogP) is 4.58. The average molecular weight is 594 g/mol. The van der Waals surface area contributed by atoms with Gasteiger partial charge in [-0.05, 0) is 43.1 Å². The maximum atomic E-state index is 13.5. The fourth-order valence-electron chi connectivity index (χ4n) is 5.11. The molecule has 1 saturated heterocycles. The highest BCUT2D eigenvalue weighted by atomic mass is 19.4. The number of nitrogens with one attached hydrogen (secondary N) is 3. The highest BCUT2D eigenvalue weighted by Crippen LogP contribution is 2.29. The van der Waals surface area contributed by atoms with Crippen LogP contribution in [0, 0.1) is 0 Å². The Morgan fingerprint density at radius 1 is 0.953 bits per heavy atom. The summed E-state index contributed by atoms with van der Waals surface area (Å²) in [5.74, 6) is 0.851. The van der Waals surface area contributed by atoms with E-state index in [2.05, 4.69) is 25.5 Å². The molecular formula is C31H34F3N7O2. The number of hydrogen-bond donors (Lipinski definition) is 3. The van der Waals surface area contributed by atoms with Crippen molar-refractivity contribution < 1.29 is 22.8 Å². The number of piperazine rings is 1. The van der Waals surface area contributed by atoms with E-state index < -0.39 is 11.7 Å². The summed E-state index contributed by atoms with van der Waals surface area (Å²) in [5, 5.41) is 6.70. The summed E-state index contributed by atoms with van der Waals surface area (Å²) >= 11 is 0. The van der Waals surface area contributed by atoms with Crippen molar-refractivity contribution in [3.8, 4) is 11.4 Å². The molecule has 3 heterocycles. The zero-order chi connectivity index (χ0) is 30.4. The molecule has 0 atom stereocenters. The van der Waals surface area contributed by atoms with Gasteiger partial charge >= 0.3 is 6.18 Å². The standard InChI is InChI=1S/C31H34F3N7O2/c1-21(42)35-13-14-36-28-25-20-26(37-29(25)39-27(38-28)23-7-3-2-4-8-23)30(43)41-18-16-40(17-19-41)15-5-6-22-9-11-24(12-10-22)31(32,33)34/h2-4,7-12,20H,5-6,13-19H2,1H3,(H,35,42)(H2,36,37,38,39). The first-order chi connectivity index (χ1) is 20.7. The molecule has 5 rings (SSSR count). The van der Waals surface area contributed by atoms with Gasteiger partial charge in [-0.15, -0.1) is 0 Å². The molecule has 0 spiro atoms. The summed E-state index contributed by atoms with van der Waals surface area (Å²) < 4.78 is 38.4. The van der Waals surface area contributed by atoms with E-state index in [-0.39, 0.29) is 11.8 Å². The number of hydrogen-bond acceptors (Lipinski definition) is 6. The van der Waals surface area contributed by atoms with Crippen molar-refractivity contribution >= 4 is 28.7 Å². The topological polar surface area (TPSA) is 106 Å². The number of aromatic nitrogens is 3. The summed E-state index contributed by atoms with van der Waals surface area (Å²) in [6, 6.07) is 16.7. The van der Waals surface area contributed by atoms with E-state index in [1.54, 1.807) is 6.07 Å². The van der Waals surface area contributed by atoms with Crippen LogP contribution in [0.3, 0.4) is 0 Å². The quantitative estimate of drug-likeness (QED) is 0.233. The van der Waals surface area contributed by atoms with Crippen molar-refractivity contribution in [2.24, 2.45) is 0 Å². The Morgan fingerprint density at radius 3 is 2.35 bits per heavy atom. The molecule has 9 nitrogen and oxygen atoms in total. The Hall–Kier alpha value is -4.45. The first kappa shape index (κ1) is 30.0. The summed E-state index contributed by atoms with van der Waals surface area (Å²) in [4.78, 5) is 41.4. The van der Waals surface area contributed by atoms with Gasteiger partial charge in [-0.1, -0.05) is 42.5 Å². The summed E-state index contributed by atoms with van der Waals surface area (Å²) in [6.07, 6.45) is -2.81. The van der Waals surface area contributed by atoms with Crippen LogP contribution in [0.5, 0.6) is 0 Å². The lowest BCUT2D eigenvalue weighted by Gasteiger charge is -2.34. The van der Waals surface area contributed by atoms with Crippen LogP contribution in [-0.2, 0) is 17.4 Å². The molecule has 0 radical (unpaired) electrons. The molecule has 3 N–H and O–H groups in total. The van der Waals surface area contributed by atoms with E-state index in [0.717, 1.165) is 36.2 Å². The lowest BCUT2D eigenvalue weighted by Crippen LogP contribution is -2.49. The van der Waals surface area contributed by atoms with E-state index in [1.165, 1.54) is 19.1 Å². The molecular weight excluding hydrogens is 559 g/mol. The molecule has 2 aromatic carbocycles. The fraction of sp³-hybridized carbons (Fsp3) is 0.355. The van der Waals surface area contributed by atoms with Gasteiger partial charge in [-0.25, -0.2) is 9.97 Å². The third kappa shape index (κ3) is 7.69. The molecule has 2 amide bonds. The van der Waals surface area contributed by atoms with E-state index in [1.807, 2.05) is 35.2 Å². The zero-order valence-corrected chi connectivity index (χ0v) is 23.9. The third-order valence-corrected chi connectivity index (χ3v) is 7.42. The molecule has 0 unspecified atom stereocenters. The van der Waals surface area contributed by atoms with Crippen LogP contribution in [0.2, 0.25) is 0 Å². The zero-order valence-electron chi connectivity index (χ0n) is 23.9. The number of nitrogens with zero attached hydrogens (tertiary/aromatic N) is 4. The predicted molar refractivity (Wildman–Crippen MR) is 159 cm³/mol. The van der Waals surface area contributed by atoms with Crippen molar-refractivity contribution in [1.29, 1.82) is 0 Å². The Labute approximate surface area is 247 Å². The molecule has 43 heavy (non-hydrogen) atoms. The first-order valence-electron chi connectivity index (χ1n) is 14.3. The lowest BCUT2D eigenvalue weighted by molar-refractivity contribution is -0.137. The molecule has 0 aliphatic carbocycles. The van der Waals surface area contributed by atoms with Crippen LogP contribution in [0.4, 0.5) is 19.0 Å². The second-order valence-corrected chi connectivity index (χ2v) is 10.5. The molecule has 2 aromatic heterocycles. The number of carbonyl (C=O) groups excluding carboxylic acids is 2. The maximum Gasteiger partial charge on any atom is 0.416 e. The van der Waals surface area contributed by atoms with Gasteiger partial charge in [0.2, 0.25) is 5.91 Å². The van der Waals surface area contributed by atoms with Gasteiger partial charge in [-0.3, -0.25) is 14.5 Å². The monoisotopic (exact) mass is 593 g/mol. The van der Waals surface area contributed by atoms with E-state index in [4.69, 9.17) is 4.98 Å². The molecule has 12 heteroatoms. The van der Waals surface area contributed by atoms with Crippen LogP contribution in [0.1, 0.15) is 35.0 Å². The van der Waals surface area contributed by atoms with Crippen molar-refractivity contribution in [3.63, 3.8) is 0 Å². The number of anilines is 1. The SMILES string of the molecule is CC(=O)NCCNc1nc(-c2ccccc2)nc2[nH]c(C(=O)N3CCN(CCCc4ccc(C(F)(F)F)cc4)CC3)cc12. The van der Waals surface area contributed by atoms with Gasteiger partial charge in [0.05, 0.1) is 10.9 Å². The normalized spacial score (nSPS) is 14.2. The highest BCUT2D eigenvalue weighted by molar-refractivity contribution is 6.00. The van der Waals surface area contributed by atoms with Crippen LogP contribution in [0.15, 0.2) is 60.7 Å². The summed E-state index contributed by atoms with van der Waals surface area (Å²) in [7, 11) is 0.